The molecule has 1 aromatic carbocycles. The largest absolute Gasteiger partial charge is 0.545 e. The van der Waals surface area contributed by atoms with Crippen LogP contribution in [0.1, 0.15) is 63.0 Å². The van der Waals surface area contributed by atoms with Crippen LogP contribution < -0.4 is 5.11 Å². The third kappa shape index (κ3) is 3.32. The van der Waals surface area contributed by atoms with Crippen LogP contribution in [-0.2, 0) is 10.8 Å². The number of carbonyl (C=O) groups excluding carboxylic acids is 1. The van der Waals surface area contributed by atoms with Gasteiger partial charge in [-0.2, -0.15) is 0 Å². The maximum atomic E-state index is 11.0. The predicted octanol–water partition coefficient (Wildman–Crippen LogP) is 2.65. The lowest BCUT2D eigenvalue weighted by molar-refractivity contribution is -0.255. The van der Waals surface area contributed by atoms with E-state index >= 15 is 0 Å². The molecule has 1 rings (SSSR count). The van der Waals surface area contributed by atoms with Gasteiger partial charge < -0.3 is 9.90 Å². The number of aromatic carboxylic acids is 1. The minimum absolute atomic E-state index is 0.0640. The van der Waals surface area contributed by atoms with Crippen LogP contribution in [0.4, 0.5) is 0 Å². The highest BCUT2D eigenvalue weighted by Crippen LogP contribution is 2.30. The molecule has 0 bridgehead atoms. The molecule has 1 aromatic rings. The van der Waals surface area contributed by atoms with Gasteiger partial charge >= 0.3 is 0 Å². The Morgan fingerprint density at radius 2 is 1.24 bits per heavy atom. The molecule has 0 radical (unpaired) electrons. The van der Waals surface area contributed by atoms with E-state index in [9.17, 15) is 9.90 Å². The Bertz CT molecular complexity index is 399. The fourth-order valence-corrected chi connectivity index (χ4v) is 1.61. The van der Waals surface area contributed by atoms with Gasteiger partial charge in [-0.3, -0.25) is 0 Å². The molecular formula is C15H21O2-. The molecule has 0 saturated heterocycles. The molecule has 17 heavy (non-hydrogen) atoms. The van der Waals surface area contributed by atoms with Crippen molar-refractivity contribution in [1.82, 2.24) is 0 Å². The lowest BCUT2D eigenvalue weighted by atomic mass is 9.79. The number of hydrogen-bond donors (Lipinski definition) is 0. The zero-order valence-corrected chi connectivity index (χ0v) is 11.5. The number of carbonyl (C=O) groups is 1. The minimum Gasteiger partial charge on any atom is -0.545 e. The molecule has 2 nitrogen and oxygen atoms in total. The Labute approximate surface area is 104 Å². The molecular weight excluding hydrogens is 212 g/mol. The summed E-state index contributed by atoms with van der Waals surface area (Å²) in [4.78, 5) is 11.0. The molecule has 0 N–H and O–H groups in total. The van der Waals surface area contributed by atoms with Crippen molar-refractivity contribution >= 4 is 5.97 Å². The van der Waals surface area contributed by atoms with Crippen LogP contribution in [0.5, 0.6) is 0 Å². The van der Waals surface area contributed by atoms with E-state index in [-0.39, 0.29) is 16.4 Å². The van der Waals surface area contributed by atoms with Crippen molar-refractivity contribution in [2.45, 2.75) is 52.4 Å². The van der Waals surface area contributed by atoms with Gasteiger partial charge in [0.25, 0.3) is 0 Å². The zero-order valence-electron chi connectivity index (χ0n) is 11.5. The van der Waals surface area contributed by atoms with Crippen LogP contribution in [0.2, 0.25) is 0 Å². The van der Waals surface area contributed by atoms with Crippen LogP contribution >= 0.6 is 0 Å². The van der Waals surface area contributed by atoms with Crippen molar-refractivity contribution in [3.8, 4) is 0 Å². The summed E-state index contributed by atoms with van der Waals surface area (Å²) >= 11 is 0. The smallest absolute Gasteiger partial charge is 0.0715 e. The molecule has 0 atom stereocenters. The van der Waals surface area contributed by atoms with Gasteiger partial charge in [0, 0.05) is 0 Å². The Hall–Kier alpha value is -1.31. The third-order valence-corrected chi connectivity index (χ3v) is 2.90. The van der Waals surface area contributed by atoms with E-state index in [1.54, 1.807) is 12.1 Å². The average Bonchev–Trinajstić information content (AvgIpc) is 2.14. The highest BCUT2D eigenvalue weighted by Gasteiger charge is 2.20. The molecule has 0 aromatic heterocycles. The average molecular weight is 233 g/mol. The molecule has 94 valence electrons. The summed E-state index contributed by atoms with van der Waals surface area (Å²) in [7, 11) is 0. The normalized spacial score (nSPS) is 12.6. The molecule has 0 heterocycles. The van der Waals surface area contributed by atoms with Crippen molar-refractivity contribution in [3.05, 3.63) is 34.9 Å². The zero-order chi connectivity index (χ0) is 13.4. The van der Waals surface area contributed by atoms with Crippen molar-refractivity contribution in [3.63, 3.8) is 0 Å². The van der Waals surface area contributed by atoms with Crippen LogP contribution in [0, 0.1) is 0 Å². The van der Waals surface area contributed by atoms with Crippen molar-refractivity contribution in [2.24, 2.45) is 0 Å². The van der Waals surface area contributed by atoms with Gasteiger partial charge in [0.1, 0.15) is 0 Å². The summed E-state index contributed by atoms with van der Waals surface area (Å²) in [5.74, 6) is -1.11. The lowest BCUT2D eigenvalue weighted by Gasteiger charge is -2.26. The van der Waals surface area contributed by atoms with Gasteiger partial charge in [-0.15, -0.1) is 0 Å². The van der Waals surface area contributed by atoms with Crippen LogP contribution in [0.3, 0.4) is 0 Å². The third-order valence-electron chi connectivity index (χ3n) is 2.90. The minimum atomic E-state index is -1.11. The van der Waals surface area contributed by atoms with Crippen LogP contribution in [-0.4, -0.2) is 5.97 Å². The molecule has 0 aliphatic rings. The van der Waals surface area contributed by atoms with E-state index in [4.69, 9.17) is 0 Å². The summed E-state index contributed by atoms with van der Waals surface area (Å²) < 4.78 is 0. The van der Waals surface area contributed by atoms with E-state index in [0.717, 1.165) is 11.1 Å². The predicted molar refractivity (Wildman–Crippen MR) is 68.2 cm³/mol. The van der Waals surface area contributed by atoms with E-state index in [2.05, 4.69) is 47.6 Å². The molecule has 0 aliphatic carbocycles. The maximum Gasteiger partial charge on any atom is 0.0715 e. The number of carboxylic acid groups (broad SMARTS) is 1. The van der Waals surface area contributed by atoms with Gasteiger partial charge in [-0.25, -0.2) is 0 Å². The summed E-state index contributed by atoms with van der Waals surface area (Å²) in [6.07, 6.45) is 0. The standard InChI is InChI=1S/C15H22O2/c1-14(2,3)11-7-10(13(16)17)8-12(9-11)15(4,5)6/h7-9H,1-6H3,(H,16,17)/p-1. The first-order chi connectivity index (χ1) is 7.51. The van der Waals surface area contributed by atoms with E-state index in [0.29, 0.717) is 0 Å². The molecule has 0 amide bonds. The topological polar surface area (TPSA) is 40.1 Å². The Morgan fingerprint density at radius 3 is 1.47 bits per heavy atom. The van der Waals surface area contributed by atoms with Crippen molar-refractivity contribution < 1.29 is 9.90 Å². The second kappa shape index (κ2) is 4.17. The number of rotatable bonds is 1. The van der Waals surface area contributed by atoms with E-state index in [1.807, 2.05) is 0 Å². The molecule has 0 aliphatic heterocycles. The highest BCUT2D eigenvalue weighted by atomic mass is 16.4. The highest BCUT2D eigenvalue weighted by molar-refractivity contribution is 5.86. The number of carboxylic acids is 1. The maximum absolute atomic E-state index is 11.0. The second-order valence-corrected chi connectivity index (χ2v) is 6.59. The summed E-state index contributed by atoms with van der Waals surface area (Å²) in [5.41, 5.74) is 2.20. The summed E-state index contributed by atoms with van der Waals surface area (Å²) in [5, 5.41) is 11.0. The second-order valence-electron chi connectivity index (χ2n) is 6.59. The Morgan fingerprint density at radius 1 is 0.882 bits per heavy atom. The number of hydrogen-bond acceptors (Lipinski definition) is 2. The molecule has 2 heteroatoms. The van der Waals surface area contributed by atoms with Crippen molar-refractivity contribution in [1.29, 1.82) is 0 Å². The lowest BCUT2D eigenvalue weighted by Crippen LogP contribution is -2.25. The quantitative estimate of drug-likeness (QED) is 0.748. The Balaban J connectivity index is 3.45. The monoisotopic (exact) mass is 233 g/mol. The van der Waals surface area contributed by atoms with Crippen LogP contribution in [0.25, 0.3) is 0 Å². The first-order valence-electron chi connectivity index (χ1n) is 5.89. The SMILES string of the molecule is CC(C)(C)c1cc(C(=O)[O-])cc(C(C)(C)C)c1. The van der Waals surface area contributed by atoms with Gasteiger partial charge in [0.15, 0.2) is 0 Å². The first kappa shape index (κ1) is 13.8. The molecule has 0 unspecified atom stereocenters. The van der Waals surface area contributed by atoms with Crippen molar-refractivity contribution in [2.75, 3.05) is 0 Å². The molecule has 0 spiro atoms. The van der Waals surface area contributed by atoms with E-state index < -0.39 is 5.97 Å². The fraction of sp³-hybridized carbons (Fsp3) is 0.533. The van der Waals surface area contributed by atoms with Gasteiger partial charge in [-0.1, -0.05) is 47.6 Å². The summed E-state index contributed by atoms with van der Waals surface area (Å²) in [6.45, 7) is 12.5. The summed E-state index contributed by atoms with van der Waals surface area (Å²) in [6, 6.07) is 5.52. The van der Waals surface area contributed by atoms with E-state index in [1.165, 1.54) is 0 Å². The van der Waals surface area contributed by atoms with Gasteiger partial charge in [0.05, 0.1) is 5.97 Å². The molecule has 0 saturated carbocycles. The molecule has 0 fully saturated rings. The van der Waals surface area contributed by atoms with Gasteiger partial charge in [-0.05, 0) is 39.7 Å². The number of benzene rings is 1. The fourth-order valence-electron chi connectivity index (χ4n) is 1.61. The van der Waals surface area contributed by atoms with Gasteiger partial charge in [0.2, 0.25) is 0 Å². The first-order valence-corrected chi connectivity index (χ1v) is 5.89. The van der Waals surface area contributed by atoms with Crippen LogP contribution in [0.15, 0.2) is 18.2 Å². The Kier molecular flexibility index (Phi) is 3.37.